The van der Waals surface area contributed by atoms with E-state index in [1.54, 1.807) is 0 Å². The fourth-order valence-corrected chi connectivity index (χ4v) is 2.15. The number of rotatable bonds is 6. The molecule has 0 aromatic rings. The summed E-state index contributed by atoms with van der Waals surface area (Å²) in [4.78, 5) is 16.1. The van der Waals surface area contributed by atoms with E-state index >= 15 is 0 Å². The van der Waals surface area contributed by atoms with Gasteiger partial charge in [-0.15, -0.1) is 0 Å². The van der Waals surface area contributed by atoms with E-state index in [0.717, 1.165) is 45.2 Å². The third-order valence-electron chi connectivity index (χ3n) is 3.53. The molecule has 1 saturated carbocycles. The molecule has 0 spiro atoms. The van der Waals surface area contributed by atoms with Crippen LogP contribution in [-0.2, 0) is 4.79 Å². The van der Waals surface area contributed by atoms with Crippen LogP contribution in [0.3, 0.4) is 0 Å². The third kappa shape index (κ3) is 4.61. The maximum Gasteiger partial charge on any atom is 0.234 e. The molecule has 2 N–H and O–H groups in total. The van der Waals surface area contributed by atoms with E-state index in [1.165, 1.54) is 12.8 Å². The molecule has 5 nitrogen and oxygen atoms in total. The summed E-state index contributed by atoms with van der Waals surface area (Å²) >= 11 is 0. The highest BCUT2D eigenvalue weighted by atomic mass is 16.3. The van der Waals surface area contributed by atoms with Crippen molar-refractivity contribution in [3.8, 4) is 0 Å². The molecule has 98 valence electrons. The molecule has 0 radical (unpaired) electrons. The summed E-state index contributed by atoms with van der Waals surface area (Å²) in [6.07, 6.45) is 2.56. The van der Waals surface area contributed by atoms with Gasteiger partial charge in [-0.2, -0.15) is 0 Å². The molecule has 17 heavy (non-hydrogen) atoms. The molecule has 1 aliphatic carbocycles. The number of hydrogen-bond donors (Lipinski definition) is 2. The molecule has 1 heterocycles. The Bertz CT molecular complexity index is 248. The summed E-state index contributed by atoms with van der Waals surface area (Å²) in [6, 6.07) is 0. The Kier molecular flexibility index (Phi) is 4.76. The lowest BCUT2D eigenvalue weighted by Gasteiger charge is -2.33. The van der Waals surface area contributed by atoms with Crippen LogP contribution < -0.4 is 5.32 Å². The lowest BCUT2D eigenvalue weighted by Crippen LogP contribution is -2.50. The van der Waals surface area contributed by atoms with Gasteiger partial charge in [-0.3, -0.25) is 14.6 Å². The summed E-state index contributed by atoms with van der Waals surface area (Å²) < 4.78 is 0. The number of nitrogens with zero attached hydrogens (tertiary/aromatic N) is 2. The summed E-state index contributed by atoms with van der Waals surface area (Å²) in [6.45, 7) is 6.13. The normalized spacial score (nSPS) is 22.6. The minimum absolute atomic E-state index is 0.160. The molecule has 0 aromatic carbocycles. The summed E-state index contributed by atoms with van der Waals surface area (Å²) in [5, 5.41) is 11.8. The molecule has 1 amide bonds. The predicted molar refractivity (Wildman–Crippen MR) is 65.7 cm³/mol. The maximum absolute atomic E-state index is 11.6. The van der Waals surface area contributed by atoms with Crippen molar-refractivity contribution in [2.24, 2.45) is 5.92 Å². The van der Waals surface area contributed by atoms with E-state index in [9.17, 15) is 4.79 Å². The van der Waals surface area contributed by atoms with Crippen molar-refractivity contribution in [1.82, 2.24) is 15.1 Å². The number of carbonyl (C=O) groups excluding carboxylic acids is 1. The number of piperazine rings is 1. The van der Waals surface area contributed by atoms with Crippen LogP contribution in [0.25, 0.3) is 0 Å². The quantitative estimate of drug-likeness (QED) is 0.634. The van der Waals surface area contributed by atoms with Gasteiger partial charge in [0, 0.05) is 39.3 Å². The van der Waals surface area contributed by atoms with Gasteiger partial charge in [-0.1, -0.05) is 0 Å². The van der Waals surface area contributed by atoms with Crippen molar-refractivity contribution in [2.45, 2.75) is 12.8 Å². The average Bonchev–Trinajstić information content (AvgIpc) is 3.13. The zero-order valence-corrected chi connectivity index (χ0v) is 10.4. The fourth-order valence-electron chi connectivity index (χ4n) is 2.15. The van der Waals surface area contributed by atoms with Gasteiger partial charge in [0.05, 0.1) is 13.2 Å². The van der Waals surface area contributed by atoms with Crippen molar-refractivity contribution in [1.29, 1.82) is 0 Å². The van der Waals surface area contributed by atoms with E-state index in [4.69, 9.17) is 5.11 Å². The molecule has 0 unspecified atom stereocenters. The number of nitrogens with one attached hydrogen (secondary N) is 1. The van der Waals surface area contributed by atoms with Crippen LogP contribution in [-0.4, -0.2) is 73.2 Å². The fraction of sp³-hybridized carbons (Fsp3) is 0.917. The van der Waals surface area contributed by atoms with Gasteiger partial charge in [0.15, 0.2) is 0 Å². The number of amides is 1. The van der Waals surface area contributed by atoms with Crippen LogP contribution >= 0.6 is 0 Å². The number of β-amino-alcohol motifs (C(OH)–C–C–N with tert-alkyl or cyclic N) is 1. The number of hydrogen-bond acceptors (Lipinski definition) is 4. The van der Waals surface area contributed by atoms with Crippen LogP contribution in [0.5, 0.6) is 0 Å². The number of aliphatic hydroxyl groups is 1. The lowest BCUT2D eigenvalue weighted by atomic mass is 10.3. The molecule has 0 aromatic heterocycles. The molecule has 5 heteroatoms. The maximum atomic E-state index is 11.6. The van der Waals surface area contributed by atoms with Crippen LogP contribution in [0, 0.1) is 5.92 Å². The van der Waals surface area contributed by atoms with Gasteiger partial charge in [0.2, 0.25) is 5.91 Å². The van der Waals surface area contributed by atoms with Gasteiger partial charge < -0.3 is 10.4 Å². The molecule has 0 bridgehead atoms. The molecule has 2 aliphatic rings. The molecular formula is C12H23N3O2. The Morgan fingerprint density at radius 2 is 1.82 bits per heavy atom. The van der Waals surface area contributed by atoms with E-state index in [0.29, 0.717) is 6.54 Å². The molecular weight excluding hydrogens is 218 g/mol. The van der Waals surface area contributed by atoms with Crippen molar-refractivity contribution < 1.29 is 9.90 Å². The van der Waals surface area contributed by atoms with E-state index in [2.05, 4.69) is 15.1 Å². The predicted octanol–water partition coefficient (Wildman–Crippen LogP) is -0.877. The minimum atomic E-state index is 0.160. The van der Waals surface area contributed by atoms with Gasteiger partial charge >= 0.3 is 0 Å². The summed E-state index contributed by atoms with van der Waals surface area (Å²) in [5.74, 6) is 0.910. The van der Waals surface area contributed by atoms with Crippen molar-refractivity contribution in [3.63, 3.8) is 0 Å². The highest BCUT2D eigenvalue weighted by molar-refractivity contribution is 5.78. The van der Waals surface area contributed by atoms with Crippen LogP contribution in [0.1, 0.15) is 12.8 Å². The van der Waals surface area contributed by atoms with Gasteiger partial charge in [0.25, 0.3) is 0 Å². The van der Waals surface area contributed by atoms with Gasteiger partial charge in [-0.25, -0.2) is 0 Å². The average molecular weight is 241 g/mol. The highest BCUT2D eigenvalue weighted by Crippen LogP contribution is 2.27. The Balaban J connectivity index is 1.58. The van der Waals surface area contributed by atoms with E-state index in [-0.39, 0.29) is 12.5 Å². The van der Waals surface area contributed by atoms with Crippen molar-refractivity contribution in [3.05, 3.63) is 0 Å². The number of carbonyl (C=O) groups is 1. The van der Waals surface area contributed by atoms with E-state index in [1.807, 2.05) is 0 Å². The Labute approximate surface area is 103 Å². The van der Waals surface area contributed by atoms with Crippen LogP contribution in [0.4, 0.5) is 0 Å². The zero-order valence-electron chi connectivity index (χ0n) is 10.4. The van der Waals surface area contributed by atoms with Gasteiger partial charge in [0.1, 0.15) is 0 Å². The second-order valence-electron chi connectivity index (χ2n) is 5.09. The molecule has 0 atom stereocenters. The monoisotopic (exact) mass is 241 g/mol. The zero-order chi connectivity index (χ0) is 12.1. The molecule has 2 fully saturated rings. The topological polar surface area (TPSA) is 55.8 Å². The van der Waals surface area contributed by atoms with Gasteiger partial charge in [-0.05, 0) is 18.8 Å². The Hall–Kier alpha value is -0.650. The first-order chi connectivity index (χ1) is 8.28. The van der Waals surface area contributed by atoms with Crippen molar-refractivity contribution in [2.75, 3.05) is 52.4 Å². The Morgan fingerprint density at radius 3 is 2.41 bits per heavy atom. The van der Waals surface area contributed by atoms with Crippen LogP contribution in [0.2, 0.25) is 0 Å². The first-order valence-electron chi connectivity index (χ1n) is 6.60. The number of aliphatic hydroxyl groups excluding tert-OH is 1. The SMILES string of the molecule is O=C(CN1CCN(CCO)CC1)NCC1CC1. The second kappa shape index (κ2) is 6.33. The van der Waals surface area contributed by atoms with Crippen LogP contribution in [0.15, 0.2) is 0 Å². The second-order valence-corrected chi connectivity index (χ2v) is 5.09. The third-order valence-corrected chi connectivity index (χ3v) is 3.53. The minimum Gasteiger partial charge on any atom is -0.395 e. The Morgan fingerprint density at radius 1 is 1.18 bits per heavy atom. The molecule has 1 aliphatic heterocycles. The smallest absolute Gasteiger partial charge is 0.234 e. The first kappa shape index (κ1) is 12.8. The van der Waals surface area contributed by atoms with E-state index < -0.39 is 0 Å². The molecule has 1 saturated heterocycles. The van der Waals surface area contributed by atoms with Crippen molar-refractivity contribution >= 4 is 5.91 Å². The summed E-state index contributed by atoms with van der Waals surface area (Å²) in [7, 11) is 0. The standard InChI is InChI=1S/C12H23N3O2/c16-8-7-14-3-5-15(6-4-14)10-12(17)13-9-11-1-2-11/h11,16H,1-10H2,(H,13,17). The lowest BCUT2D eigenvalue weighted by molar-refractivity contribution is -0.122. The largest absolute Gasteiger partial charge is 0.395 e. The molecule has 2 rings (SSSR count). The highest BCUT2D eigenvalue weighted by Gasteiger charge is 2.23. The summed E-state index contributed by atoms with van der Waals surface area (Å²) in [5.41, 5.74) is 0. The first-order valence-corrected chi connectivity index (χ1v) is 6.60.